The Balaban J connectivity index is 2.38. The molecule has 2 rings (SSSR count). The van der Waals surface area contributed by atoms with Gasteiger partial charge in [0, 0.05) is 0 Å². The first-order valence-electron chi connectivity index (χ1n) is 5.57. The fourth-order valence-electron chi connectivity index (χ4n) is 1.97. The maximum Gasteiger partial charge on any atom is 0.127 e. The topological polar surface area (TPSA) is 48.4 Å². The van der Waals surface area contributed by atoms with E-state index in [0.717, 1.165) is 28.2 Å². The first kappa shape index (κ1) is 11.7. The van der Waals surface area contributed by atoms with Gasteiger partial charge in [-0.15, -0.1) is 0 Å². The molecular formula is C14H17NO2. The highest BCUT2D eigenvalue weighted by molar-refractivity contribution is 5.40. The molecule has 0 spiro atoms. The molecule has 0 aliphatic carbocycles. The van der Waals surface area contributed by atoms with Crippen LogP contribution in [0.3, 0.4) is 0 Å². The van der Waals surface area contributed by atoms with E-state index in [4.69, 9.17) is 14.9 Å². The van der Waals surface area contributed by atoms with Gasteiger partial charge in [0.05, 0.1) is 19.4 Å². The van der Waals surface area contributed by atoms with Crippen molar-refractivity contribution in [2.45, 2.75) is 19.9 Å². The summed E-state index contributed by atoms with van der Waals surface area (Å²) in [4.78, 5) is 0. The number of ether oxygens (including phenoxy) is 1. The standard InChI is InChI=1S/C14H17NO2/c1-9-6-7-17-14(9)13(15)12-5-4-11(16-3)8-10(12)2/h4-8,13H,15H2,1-3H3. The zero-order chi connectivity index (χ0) is 12.4. The number of aryl methyl sites for hydroxylation is 2. The van der Waals surface area contributed by atoms with Gasteiger partial charge in [-0.3, -0.25) is 0 Å². The number of methoxy groups -OCH3 is 1. The second kappa shape index (κ2) is 4.63. The van der Waals surface area contributed by atoms with Crippen molar-refractivity contribution < 1.29 is 9.15 Å². The molecule has 1 heterocycles. The monoisotopic (exact) mass is 231 g/mol. The Hall–Kier alpha value is -1.74. The number of rotatable bonds is 3. The Morgan fingerprint density at radius 2 is 1.94 bits per heavy atom. The first-order chi connectivity index (χ1) is 8.13. The third-order valence-electron chi connectivity index (χ3n) is 3.00. The summed E-state index contributed by atoms with van der Waals surface area (Å²) in [5.74, 6) is 1.66. The molecule has 3 heteroatoms. The quantitative estimate of drug-likeness (QED) is 0.883. The highest BCUT2D eigenvalue weighted by Crippen LogP contribution is 2.27. The normalized spacial score (nSPS) is 12.5. The van der Waals surface area contributed by atoms with Gasteiger partial charge >= 0.3 is 0 Å². The van der Waals surface area contributed by atoms with Gasteiger partial charge < -0.3 is 14.9 Å². The SMILES string of the molecule is COc1ccc(C(N)c2occc2C)c(C)c1. The minimum absolute atomic E-state index is 0.226. The van der Waals surface area contributed by atoms with Crippen LogP contribution < -0.4 is 10.5 Å². The predicted molar refractivity (Wildman–Crippen MR) is 67.2 cm³/mol. The second-order valence-electron chi connectivity index (χ2n) is 4.17. The van der Waals surface area contributed by atoms with Gasteiger partial charge in [0.1, 0.15) is 11.5 Å². The summed E-state index contributed by atoms with van der Waals surface area (Å²) >= 11 is 0. The molecule has 0 bridgehead atoms. The Kier molecular flexibility index (Phi) is 3.20. The van der Waals surface area contributed by atoms with Crippen molar-refractivity contribution in [3.05, 3.63) is 53.0 Å². The molecule has 1 unspecified atom stereocenters. The summed E-state index contributed by atoms with van der Waals surface area (Å²) in [5.41, 5.74) is 9.46. The average molecular weight is 231 g/mol. The van der Waals surface area contributed by atoms with Crippen molar-refractivity contribution in [3.63, 3.8) is 0 Å². The van der Waals surface area contributed by atoms with Gasteiger partial charge in [-0.2, -0.15) is 0 Å². The maximum absolute atomic E-state index is 6.22. The lowest BCUT2D eigenvalue weighted by molar-refractivity contribution is 0.414. The molecule has 0 saturated heterocycles. The maximum atomic E-state index is 6.22. The summed E-state index contributed by atoms with van der Waals surface area (Å²) in [7, 11) is 1.66. The van der Waals surface area contributed by atoms with E-state index in [0.29, 0.717) is 0 Å². The molecule has 0 aliphatic rings. The average Bonchev–Trinajstić information content (AvgIpc) is 2.74. The summed E-state index contributed by atoms with van der Waals surface area (Å²) < 4.78 is 10.6. The third kappa shape index (κ3) is 2.19. The van der Waals surface area contributed by atoms with E-state index in [2.05, 4.69) is 0 Å². The Bertz CT molecular complexity index is 517. The van der Waals surface area contributed by atoms with E-state index in [1.165, 1.54) is 0 Å². The van der Waals surface area contributed by atoms with Gasteiger partial charge in [0.25, 0.3) is 0 Å². The van der Waals surface area contributed by atoms with Crippen LogP contribution in [0.2, 0.25) is 0 Å². The number of hydrogen-bond donors (Lipinski definition) is 1. The smallest absolute Gasteiger partial charge is 0.127 e. The lowest BCUT2D eigenvalue weighted by Crippen LogP contribution is -2.13. The van der Waals surface area contributed by atoms with Gasteiger partial charge in [-0.05, 0) is 48.7 Å². The van der Waals surface area contributed by atoms with Crippen molar-refractivity contribution in [2.24, 2.45) is 5.73 Å². The van der Waals surface area contributed by atoms with Crippen molar-refractivity contribution in [1.29, 1.82) is 0 Å². The molecule has 0 aliphatic heterocycles. The summed E-state index contributed by atoms with van der Waals surface area (Å²) in [5, 5.41) is 0. The molecule has 0 fully saturated rings. The van der Waals surface area contributed by atoms with Crippen molar-refractivity contribution >= 4 is 0 Å². The zero-order valence-electron chi connectivity index (χ0n) is 10.4. The highest BCUT2D eigenvalue weighted by atomic mass is 16.5. The summed E-state index contributed by atoms with van der Waals surface area (Å²) in [6.45, 7) is 4.02. The van der Waals surface area contributed by atoms with Crippen LogP contribution in [0.15, 0.2) is 34.9 Å². The molecule has 3 nitrogen and oxygen atoms in total. The van der Waals surface area contributed by atoms with E-state index >= 15 is 0 Å². The number of benzene rings is 1. The Labute approximate surface area is 101 Å². The van der Waals surface area contributed by atoms with Crippen LogP contribution in [0.1, 0.15) is 28.5 Å². The Morgan fingerprint density at radius 1 is 1.18 bits per heavy atom. The van der Waals surface area contributed by atoms with E-state index < -0.39 is 0 Å². The summed E-state index contributed by atoms with van der Waals surface area (Å²) in [6.07, 6.45) is 1.67. The zero-order valence-corrected chi connectivity index (χ0v) is 10.4. The molecule has 2 aromatic rings. The van der Waals surface area contributed by atoms with E-state index in [-0.39, 0.29) is 6.04 Å². The molecule has 0 amide bonds. The Morgan fingerprint density at radius 3 is 2.47 bits per heavy atom. The molecule has 90 valence electrons. The van der Waals surface area contributed by atoms with Crippen molar-refractivity contribution in [3.8, 4) is 5.75 Å². The van der Waals surface area contributed by atoms with Crippen LogP contribution in [-0.4, -0.2) is 7.11 Å². The molecule has 1 aromatic heterocycles. The predicted octanol–water partition coefficient (Wildman–Crippen LogP) is 2.95. The van der Waals surface area contributed by atoms with Crippen LogP contribution in [0.5, 0.6) is 5.75 Å². The third-order valence-corrected chi connectivity index (χ3v) is 3.00. The number of nitrogens with two attached hydrogens (primary N) is 1. The van der Waals surface area contributed by atoms with Gasteiger partial charge in [-0.25, -0.2) is 0 Å². The van der Waals surface area contributed by atoms with Gasteiger partial charge in [0.15, 0.2) is 0 Å². The van der Waals surface area contributed by atoms with Crippen LogP contribution >= 0.6 is 0 Å². The van der Waals surface area contributed by atoms with Crippen LogP contribution in [0.25, 0.3) is 0 Å². The van der Waals surface area contributed by atoms with E-state index in [1.54, 1.807) is 13.4 Å². The molecule has 0 radical (unpaired) electrons. The van der Waals surface area contributed by atoms with E-state index in [9.17, 15) is 0 Å². The highest BCUT2D eigenvalue weighted by Gasteiger charge is 2.16. The minimum Gasteiger partial charge on any atom is -0.497 e. The molecule has 1 atom stereocenters. The molecule has 2 N–H and O–H groups in total. The van der Waals surface area contributed by atoms with Crippen LogP contribution in [-0.2, 0) is 0 Å². The second-order valence-corrected chi connectivity index (χ2v) is 4.17. The van der Waals surface area contributed by atoms with Gasteiger partial charge in [0.2, 0.25) is 0 Å². The van der Waals surface area contributed by atoms with Crippen LogP contribution in [0.4, 0.5) is 0 Å². The van der Waals surface area contributed by atoms with Crippen LogP contribution in [0, 0.1) is 13.8 Å². The molecule has 0 saturated carbocycles. The van der Waals surface area contributed by atoms with E-state index in [1.807, 2.05) is 38.1 Å². The largest absolute Gasteiger partial charge is 0.497 e. The van der Waals surface area contributed by atoms with Gasteiger partial charge in [-0.1, -0.05) is 6.07 Å². The number of furan rings is 1. The van der Waals surface area contributed by atoms with Crippen molar-refractivity contribution in [2.75, 3.05) is 7.11 Å². The molecule has 17 heavy (non-hydrogen) atoms. The fraction of sp³-hybridized carbons (Fsp3) is 0.286. The number of hydrogen-bond acceptors (Lipinski definition) is 3. The molecular weight excluding hydrogens is 214 g/mol. The minimum atomic E-state index is -0.226. The lowest BCUT2D eigenvalue weighted by Gasteiger charge is -2.14. The summed E-state index contributed by atoms with van der Waals surface area (Å²) in [6, 6.07) is 7.58. The fourth-order valence-corrected chi connectivity index (χ4v) is 1.97. The molecule has 1 aromatic carbocycles. The first-order valence-corrected chi connectivity index (χ1v) is 5.57. The van der Waals surface area contributed by atoms with Crippen molar-refractivity contribution in [1.82, 2.24) is 0 Å². The lowest BCUT2D eigenvalue weighted by atomic mass is 9.98.